The first-order chi connectivity index (χ1) is 27.2. The third-order valence-corrected chi connectivity index (χ3v) is 20.4. The monoisotopic (exact) mass is 721 g/mol. The Hall–Kier alpha value is -5.64. The Morgan fingerprint density at radius 1 is 0.455 bits per heavy atom. The molecule has 15 rings (SSSR count). The molecule has 2 nitrogen and oxygen atoms in total. The number of furan rings is 1. The summed E-state index contributed by atoms with van der Waals surface area (Å²) in [5, 5.41) is 8.58. The summed E-state index contributed by atoms with van der Waals surface area (Å²) in [6.07, 6.45) is 6.87. The van der Waals surface area contributed by atoms with Gasteiger partial charge < -0.3 is 9.32 Å². The molecule has 3 heteroatoms. The van der Waals surface area contributed by atoms with Crippen LogP contribution in [0.5, 0.6) is 0 Å². The number of hydrogen-bond donors (Lipinski definition) is 0. The van der Waals surface area contributed by atoms with Gasteiger partial charge in [0.25, 0.3) is 0 Å². The Morgan fingerprint density at radius 2 is 1.04 bits per heavy atom. The molecule has 1 aromatic heterocycles. The number of fused-ring (bicyclic) bond motifs is 15. The summed E-state index contributed by atoms with van der Waals surface area (Å²) in [6.45, 7) is 0. The first kappa shape index (κ1) is 29.7. The Labute approximate surface area is 322 Å². The van der Waals surface area contributed by atoms with E-state index in [-0.39, 0.29) is 5.41 Å². The summed E-state index contributed by atoms with van der Waals surface area (Å²) in [5.41, 5.74) is 14.6. The van der Waals surface area contributed by atoms with Crippen molar-refractivity contribution in [2.75, 3.05) is 4.90 Å². The largest absolute Gasteiger partial charge is 0.456 e. The summed E-state index contributed by atoms with van der Waals surface area (Å²) < 4.78 is 6.74. The first-order valence-electron chi connectivity index (χ1n) is 20.5. The average molecular weight is 722 g/mol. The zero-order valence-electron chi connectivity index (χ0n) is 30.6. The van der Waals surface area contributed by atoms with E-state index in [4.69, 9.17) is 4.42 Å². The van der Waals surface area contributed by atoms with Crippen molar-refractivity contribution in [3.8, 4) is 22.3 Å². The molecule has 0 unspecified atom stereocenters. The molecule has 7 aromatic carbocycles. The van der Waals surface area contributed by atoms with Crippen LogP contribution < -0.4 is 25.6 Å². The molecule has 0 atom stereocenters. The number of para-hydroxylation sites is 2. The van der Waals surface area contributed by atoms with Crippen molar-refractivity contribution in [2.45, 2.75) is 37.5 Å². The van der Waals surface area contributed by atoms with Crippen LogP contribution in [0, 0.1) is 23.7 Å². The van der Waals surface area contributed by atoms with Crippen LogP contribution in [0.3, 0.4) is 0 Å². The SMILES string of the molecule is c1ccc2c(c1)-c1ccccc1[Si]21c2ccccc2-c2ccc(N3c4ccccc4C4(c5cc6c(cc53)oc3ccccc36)C3CC5CC(C3)CC4C5)cc21. The molecule has 8 aromatic rings. The highest BCUT2D eigenvalue weighted by atomic mass is 28.3. The fourth-order valence-corrected chi connectivity index (χ4v) is 19.5. The number of rotatable bonds is 1. The highest BCUT2D eigenvalue weighted by Gasteiger charge is 2.62. The van der Waals surface area contributed by atoms with Gasteiger partial charge >= 0.3 is 0 Å². The van der Waals surface area contributed by atoms with E-state index in [1.807, 2.05) is 0 Å². The number of hydrogen-bond acceptors (Lipinski definition) is 2. The van der Waals surface area contributed by atoms with Crippen LogP contribution >= 0.6 is 0 Å². The lowest BCUT2D eigenvalue weighted by Gasteiger charge is -2.64. The van der Waals surface area contributed by atoms with Gasteiger partial charge in [0.2, 0.25) is 0 Å². The third kappa shape index (κ3) is 3.42. The van der Waals surface area contributed by atoms with Gasteiger partial charge in [0.05, 0.1) is 11.4 Å². The van der Waals surface area contributed by atoms with Gasteiger partial charge in [-0.3, -0.25) is 0 Å². The number of anilines is 3. The van der Waals surface area contributed by atoms with Crippen LogP contribution in [0.25, 0.3) is 44.2 Å². The third-order valence-electron chi connectivity index (χ3n) is 15.4. The maximum Gasteiger partial charge on any atom is 0.182 e. The van der Waals surface area contributed by atoms with Crippen molar-refractivity contribution in [3.05, 3.63) is 163 Å². The van der Waals surface area contributed by atoms with Crippen molar-refractivity contribution in [3.63, 3.8) is 0 Å². The second-order valence-corrected chi connectivity index (χ2v) is 21.3. The lowest BCUT2D eigenvalue weighted by atomic mass is 9.41. The van der Waals surface area contributed by atoms with Gasteiger partial charge in [-0.1, -0.05) is 115 Å². The minimum absolute atomic E-state index is 0.00861. The van der Waals surface area contributed by atoms with Crippen molar-refractivity contribution < 1.29 is 4.42 Å². The number of benzene rings is 7. The molecule has 4 heterocycles. The normalized spacial score (nSPS) is 25.3. The van der Waals surface area contributed by atoms with Crippen LogP contribution in [0.2, 0.25) is 0 Å². The van der Waals surface area contributed by atoms with E-state index < -0.39 is 8.07 Å². The van der Waals surface area contributed by atoms with Crippen LogP contribution in [-0.2, 0) is 5.41 Å². The molecule has 4 bridgehead atoms. The standard InChI is InChI=1S/C52H39NOSi/c1-7-17-46-36(11-1)41-29-43-45(30-47(41)54-46)53(44-16-6-5-15-42(44)52(43)33-24-31-23-32(26-33)27-34(52)25-31)35-21-22-40-39-14-4-10-20-50(39)55(51(40)28-35)48-18-8-2-12-37(48)38-13-3-9-19-49(38)55/h1-22,28-34H,23-27H2. The molecule has 2 spiro atoms. The Balaban J connectivity index is 1.08. The smallest absolute Gasteiger partial charge is 0.182 e. The molecule has 0 saturated heterocycles. The zero-order chi connectivity index (χ0) is 35.6. The summed E-state index contributed by atoms with van der Waals surface area (Å²) in [5.74, 6) is 3.10. The first-order valence-corrected chi connectivity index (χ1v) is 22.5. The second-order valence-electron chi connectivity index (χ2n) is 17.6. The van der Waals surface area contributed by atoms with E-state index in [1.54, 1.807) is 5.56 Å². The van der Waals surface area contributed by atoms with Crippen LogP contribution in [-0.4, -0.2) is 8.07 Å². The molecule has 4 saturated carbocycles. The molecule has 4 aliphatic carbocycles. The van der Waals surface area contributed by atoms with Gasteiger partial charge in [-0.2, -0.15) is 0 Å². The van der Waals surface area contributed by atoms with Crippen molar-refractivity contribution in [1.82, 2.24) is 0 Å². The predicted molar refractivity (Wildman–Crippen MR) is 228 cm³/mol. The van der Waals surface area contributed by atoms with E-state index in [9.17, 15) is 0 Å². The van der Waals surface area contributed by atoms with Gasteiger partial charge in [0.1, 0.15) is 11.2 Å². The highest BCUT2D eigenvalue weighted by molar-refractivity contribution is 7.24. The number of nitrogens with zero attached hydrogens (tertiary/aromatic N) is 1. The Morgan fingerprint density at radius 3 is 1.73 bits per heavy atom. The molecular weight excluding hydrogens is 683 g/mol. The molecular formula is C52H39NOSi. The fraction of sp³-hybridized carbons (Fsp3) is 0.192. The van der Waals surface area contributed by atoms with E-state index in [1.165, 1.54) is 109 Å². The molecule has 4 fully saturated rings. The van der Waals surface area contributed by atoms with Gasteiger partial charge in [-0.25, -0.2) is 0 Å². The van der Waals surface area contributed by atoms with Crippen molar-refractivity contribution >= 4 is 67.8 Å². The summed E-state index contributed by atoms with van der Waals surface area (Å²) in [4.78, 5) is 2.64. The Kier molecular flexibility index (Phi) is 5.48. The lowest BCUT2D eigenvalue weighted by molar-refractivity contribution is -0.0418. The van der Waals surface area contributed by atoms with Crippen LogP contribution in [0.15, 0.2) is 156 Å². The molecule has 3 aliphatic heterocycles. The van der Waals surface area contributed by atoms with E-state index in [0.717, 1.165) is 23.0 Å². The van der Waals surface area contributed by atoms with Gasteiger partial charge in [0, 0.05) is 27.9 Å². The fourth-order valence-electron chi connectivity index (χ4n) is 13.9. The molecule has 55 heavy (non-hydrogen) atoms. The second kappa shape index (κ2) is 10.2. The van der Waals surface area contributed by atoms with E-state index >= 15 is 0 Å². The Bertz CT molecular complexity index is 2900. The van der Waals surface area contributed by atoms with Crippen LogP contribution in [0.4, 0.5) is 17.1 Å². The molecule has 7 aliphatic rings. The highest BCUT2D eigenvalue weighted by Crippen LogP contribution is 2.70. The summed E-state index contributed by atoms with van der Waals surface area (Å²) >= 11 is 0. The topological polar surface area (TPSA) is 16.4 Å². The maximum atomic E-state index is 6.74. The molecule has 0 amide bonds. The lowest BCUT2D eigenvalue weighted by Crippen LogP contribution is -2.70. The van der Waals surface area contributed by atoms with Gasteiger partial charge in [-0.05, 0) is 140 Å². The summed E-state index contributed by atoms with van der Waals surface area (Å²) in [7, 11) is -2.60. The predicted octanol–water partition coefficient (Wildman–Crippen LogP) is 10.4. The van der Waals surface area contributed by atoms with E-state index in [0.29, 0.717) is 11.8 Å². The van der Waals surface area contributed by atoms with Crippen molar-refractivity contribution in [1.29, 1.82) is 0 Å². The quantitative estimate of drug-likeness (QED) is 0.157. The maximum absolute atomic E-state index is 6.74. The van der Waals surface area contributed by atoms with Crippen molar-refractivity contribution in [2.24, 2.45) is 23.7 Å². The minimum atomic E-state index is -2.60. The molecule has 0 radical (unpaired) electrons. The molecule has 0 N–H and O–H groups in total. The molecule has 262 valence electrons. The minimum Gasteiger partial charge on any atom is -0.456 e. The zero-order valence-corrected chi connectivity index (χ0v) is 31.6. The van der Waals surface area contributed by atoms with Crippen LogP contribution in [0.1, 0.15) is 43.2 Å². The van der Waals surface area contributed by atoms with Gasteiger partial charge in [0.15, 0.2) is 8.07 Å². The van der Waals surface area contributed by atoms with Gasteiger partial charge in [-0.15, -0.1) is 0 Å². The summed E-state index contributed by atoms with van der Waals surface area (Å²) in [6, 6.07) is 58.7. The van der Waals surface area contributed by atoms with E-state index in [2.05, 4.69) is 157 Å². The average Bonchev–Trinajstić information content (AvgIpc) is 3.85.